The van der Waals surface area contributed by atoms with Crippen LogP contribution in [0.5, 0.6) is 0 Å². The Morgan fingerprint density at radius 3 is 2.27 bits per heavy atom. The summed E-state index contributed by atoms with van der Waals surface area (Å²) in [4.78, 5) is 10.4. The van der Waals surface area contributed by atoms with E-state index in [4.69, 9.17) is 5.11 Å². The molecule has 0 amide bonds. The van der Waals surface area contributed by atoms with Gasteiger partial charge in [0.25, 0.3) is 0 Å². The largest absolute Gasteiger partial charge is 0.482 e. The van der Waals surface area contributed by atoms with Crippen LogP contribution in [-0.4, -0.2) is 22.6 Å². The quantitative estimate of drug-likeness (QED) is 0.462. The molecule has 0 radical (unpaired) electrons. The Morgan fingerprint density at radius 2 is 2.00 bits per heavy atom. The second-order valence-electron chi connectivity index (χ2n) is 2.26. The van der Waals surface area contributed by atoms with Crippen LogP contribution < -0.4 is 0 Å². The molecule has 0 heterocycles. The normalized spacial score (nSPS) is 8.47. The molecule has 0 saturated carbocycles. The van der Waals surface area contributed by atoms with Crippen LogP contribution in [0.2, 0.25) is 0 Å². The van der Waals surface area contributed by atoms with Crippen molar-refractivity contribution in [3.8, 4) is 0 Å². The molecule has 0 aliphatic rings. The third-order valence-electron chi connectivity index (χ3n) is 1.28. The van der Waals surface area contributed by atoms with Gasteiger partial charge < -0.3 is 9.84 Å². The molecule has 82 valence electrons. The molecule has 0 aliphatic heterocycles. The molecule has 0 bridgehead atoms. The van der Waals surface area contributed by atoms with E-state index in [0.29, 0.717) is 5.56 Å². The smallest absolute Gasteiger partial charge is 0.336 e. The number of hydrogen-bond acceptors (Lipinski definition) is 3. The molecule has 0 unspecified atom stereocenters. The van der Waals surface area contributed by atoms with E-state index in [9.17, 15) is 4.79 Å². The van der Waals surface area contributed by atoms with Crippen LogP contribution in [0.25, 0.3) is 0 Å². The average molecular weight is 356 g/mol. The number of carboxylic acids is 1. The lowest BCUT2D eigenvalue weighted by Crippen LogP contribution is -1.97. The van der Waals surface area contributed by atoms with Gasteiger partial charge in [-0.3, -0.25) is 0 Å². The summed E-state index contributed by atoms with van der Waals surface area (Å²) < 4.78 is 5.40. The minimum absolute atomic E-state index is 0.282. The molecule has 15 heavy (non-hydrogen) atoms. The number of halogens is 1. The van der Waals surface area contributed by atoms with Crippen LogP contribution in [0.4, 0.5) is 0 Å². The number of carboxylic acid groups (broad SMARTS) is 1. The number of methoxy groups -OCH3 is 1. The minimum Gasteiger partial charge on any atom is -0.482 e. The molecular weight excluding hydrogens is 347 g/mol. The fourth-order valence-corrected chi connectivity index (χ4v) is 1.25. The van der Waals surface area contributed by atoms with Crippen LogP contribution in [0.3, 0.4) is 0 Å². The van der Waals surface area contributed by atoms with Gasteiger partial charge in [0, 0.05) is 3.57 Å². The van der Waals surface area contributed by atoms with E-state index in [1.807, 2.05) is 28.7 Å². The first-order valence-electron chi connectivity index (χ1n) is 3.73. The zero-order valence-electron chi connectivity index (χ0n) is 7.81. The van der Waals surface area contributed by atoms with E-state index < -0.39 is 5.97 Å². The number of carbonyl (C=O) groups is 1. The van der Waals surface area contributed by atoms with Crippen molar-refractivity contribution >= 4 is 57.8 Å². The lowest BCUT2D eigenvalue weighted by atomic mass is 10.2. The van der Waals surface area contributed by atoms with Crippen molar-refractivity contribution in [2.45, 2.75) is 0 Å². The second kappa shape index (κ2) is 7.89. The van der Waals surface area contributed by atoms with E-state index in [1.54, 1.807) is 18.2 Å². The first kappa shape index (κ1) is 14.7. The highest BCUT2D eigenvalue weighted by atomic mass is 127. The molecule has 1 aromatic carbocycles. The Bertz CT molecular complexity index is 355. The van der Waals surface area contributed by atoms with Crippen molar-refractivity contribution in [1.29, 1.82) is 0 Å². The monoisotopic (exact) mass is 356 g/mol. The van der Waals surface area contributed by atoms with Crippen LogP contribution in [0.15, 0.2) is 24.3 Å². The van der Waals surface area contributed by atoms with E-state index in [0.717, 1.165) is 3.57 Å². The molecule has 1 rings (SSSR count). The molecular formula is C9H9IO3S2. The van der Waals surface area contributed by atoms with Crippen LogP contribution in [0.1, 0.15) is 10.4 Å². The highest BCUT2D eigenvalue weighted by Crippen LogP contribution is 2.10. The van der Waals surface area contributed by atoms with Gasteiger partial charge in [-0.2, -0.15) is 0 Å². The fraction of sp³-hybridized carbons (Fsp3) is 0.111. The molecule has 0 spiro atoms. The fourth-order valence-electron chi connectivity index (χ4n) is 0.635. The van der Waals surface area contributed by atoms with Crippen LogP contribution >= 0.6 is 47.4 Å². The SMILES string of the molecule is COC(=S)S.O=C(O)c1ccccc1I. The Hall–Kier alpha value is -0.340. The van der Waals surface area contributed by atoms with Crippen molar-refractivity contribution in [1.82, 2.24) is 0 Å². The summed E-state index contributed by atoms with van der Waals surface area (Å²) in [6.07, 6.45) is 0. The summed E-state index contributed by atoms with van der Waals surface area (Å²) in [7, 11) is 1.48. The second-order valence-corrected chi connectivity index (χ2v) is 4.50. The number of thiol groups is 1. The van der Waals surface area contributed by atoms with Gasteiger partial charge in [-0.05, 0) is 46.9 Å². The zero-order chi connectivity index (χ0) is 11.8. The predicted molar refractivity (Wildman–Crippen MR) is 74.7 cm³/mol. The van der Waals surface area contributed by atoms with Crippen molar-refractivity contribution in [3.63, 3.8) is 0 Å². The number of aromatic carboxylic acids is 1. The highest BCUT2D eigenvalue weighted by molar-refractivity contribution is 14.1. The summed E-state index contributed by atoms with van der Waals surface area (Å²) in [6, 6.07) is 6.88. The summed E-state index contributed by atoms with van der Waals surface area (Å²) in [5.74, 6) is -0.870. The van der Waals surface area contributed by atoms with Gasteiger partial charge >= 0.3 is 5.97 Å². The predicted octanol–water partition coefficient (Wildman–Crippen LogP) is 2.84. The molecule has 0 fully saturated rings. The molecule has 6 heteroatoms. The maximum absolute atomic E-state index is 10.4. The van der Waals surface area contributed by atoms with Crippen molar-refractivity contribution < 1.29 is 14.6 Å². The van der Waals surface area contributed by atoms with E-state index in [2.05, 4.69) is 29.6 Å². The summed E-state index contributed by atoms with van der Waals surface area (Å²) in [5, 5.41) is 8.56. The van der Waals surface area contributed by atoms with Gasteiger partial charge in [0.2, 0.25) is 4.38 Å². The summed E-state index contributed by atoms with van der Waals surface area (Å²) >= 11 is 9.94. The standard InChI is InChI=1S/C7H5IO2.C2H4OS2/c8-6-4-2-1-3-5(6)7(9)10;1-3-2(4)5/h1-4H,(H,9,10);1H3,(H,4,5). The zero-order valence-corrected chi connectivity index (χ0v) is 11.7. The van der Waals surface area contributed by atoms with Crippen LogP contribution in [0, 0.1) is 3.57 Å². The Labute approximate surface area is 112 Å². The minimum atomic E-state index is -0.870. The average Bonchev–Trinajstić information content (AvgIpc) is 2.19. The molecule has 3 nitrogen and oxygen atoms in total. The number of benzene rings is 1. The lowest BCUT2D eigenvalue weighted by molar-refractivity contribution is 0.0695. The van der Waals surface area contributed by atoms with Gasteiger partial charge in [-0.1, -0.05) is 24.8 Å². The van der Waals surface area contributed by atoms with Gasteiger partial charge in [0.05, 0.1) is 12.7 Å². The Morgan fingerprint density at radius 1 is 1.53 bits per heavy atom. The summed E-state index contributed by atoms with van der Waals surface area (Å²) in [5.41, 5.74) is 0.364. The van der Waals surface area contributed by atoms with Gasteiger partial charge in [0.1, 0.15) is 0 Å². The van der Waals surface area contributed by atoms with Crippen molar-refractivity contribution in [2.75, 3.05) is 7.11 Å². The summed E-state index contributed by atoms with van der Waals surface area (Å²) in [6.45, 7) is 0. The molecule has 0 aliphatic carbocycles. The van der Waals surface area contributed by atoms with E-state index >= 15 is 0 Å². The molecule has 0 aromatic heterocycles. The number of hydrogen-bond donors (Lipinski definition) is 2. The highest BCUT2D eigenvalue weighted by Gasteiger charge is 2.04. The van der Waals surface area contributed by atoms with E-state index in [1.165, 1.54) is 7.11 Å². The lowest BCUT2D eigenvalue weighted by Gasteiger charge is -1.94. The van der Waals surface area contributed by atoms with Crippen molar-refractivity contribution in [2.24, 2.45) is 0 Å². The maximum Gasteiger partial charge on any atom is 0.336 e. The molecule has 0 atom stereocenters. The van der Waals surface area contributed by atoms with Gasteiger partial charge in [-0.25, -0.2) is 4.79 Å². The maximum atomic E-state index is 10.4. The van der Waals surface area contributed by atoms with Crippen LogP contribution in [-0.2, 0) is 4.74 Å². The number of ether oxygens (including phenoxy) is 1. The Balaban J connectivity index is 0.000000336. The third kappa shape index (κ3) is 6.69. The van der Waals surface area contributed by atoms with E-state index in [-0.39, 0.29) is 4.38 Å². The van der Waals surface area contributed by atoms with Crippen molar-refractivity contribution in [3.05, 3.63) is 33.4 Å². The first-order valence-corrected chi connectivity index (χ1v) is 5.67. The number of thiocarbonyl (C=S) groups is 1. The first-order chi connectivity index (χ1) is 6.99. The van der Waals surface area contributed by atoms with Gasteiger partial charge in [0.15, 0.2) is 0 Å². The third-order valence-corrected chi connectivity index (χ3v) is 2.57. The topological polar surface area (TPSA) is 46.5 Å². The Kier molecular flexibility index (Phi) is 7.71. The molecule has 0 saturated heterocycles. The molecule has 1 N–H and O–H groups in total. The number of rotatable bonds is 1. The molecule has 1 aromatic rings. The van der Waals surface area contributed by atoms with Gasteiger partial charge in [-0.15, -0.1) is 0 Å².